The van der Waals surface area contributed by atoms with Gasteiger partial charge in [-0.2, -0.15) is 0 Å². The van der Waals surface area contributed by atoms with Gasteiger partial charge in [-0.15, -0.1) is 0 Å². The van der Waals surface area contributed by atoms with E-state index in [2.05, 4.69) is 0 Å². The van der Waals surface area contributed by atoms with E-state index in [1.807, 2.05) is 12.1 Å². The van der Waals surface area contributed by atoms with Gasteiger partial charge in [0.15, 0.2) is 5.79 Å². The molecule has 1 heterocycles. The van der Waals surface area contributed by atoms with Gasteiger partial charge in [0.25, 0.3) is 0 Å². The first-order valence-electron chi connectivity index (χ1n) is 12.5. The first-order chi connectivity index (χ1) is 19.1. The van der Waals surface area contributed by atoms with Crippen molar-refractivity contribution < 1.29 is 45.5 Å². The molecular weight excluding hydrogens is 593 g/mol. The van der Waals surface area contributed by atoms with Crippen molar-refractivity contribution in [2.24, 2.45) is 0 Å². The van der Waals surface area contributed by atoms with Crippen LogP contribution in [-0.4, -0.2) is 28.2 Å². The van der Waals surface area contributed by atoms with Crippen molar-refractivity contribution in [1.82, 2.24) is 0 Å². The Hall–Kier alpha value is -2.13. The monoisotopic (exact) mass is 620 g/mol. The molecule has 0 radical (unpaired) electrons. The van der Waals surface area contributed by atoms with E-state index in [4.69, 9.17) is 28.1 Å². The molecule has 4 aromatic rings. The third-order valence-electron chi connectivity index (χ3n) is 6.92. The average molecular weight is 621 g/mol. The van der Waals surface area contributed by atoms with Crippen molar-refractivity contribution in [1.29, 1.82) is 0 Å². The fourth-order valence-electron chi connectivity index (χ4n) is 5.15. The third kappa shape index (κ3) is 6.20. The summed E-state index contributed by atoms with van der Waals surface area (Å²) in [5.41, 5.74) is -2.01. The number of hydrogen-bond acceptors (Lipinski definition) is 4. The van der Waals surface area contributed by atoms with Crippen LogP contribution in [0.25, 0.3) is 0 Å². The average Bonchev–Trinajstić information content (AvgIpc) is 3.30. The van der Waals surface area contributed by atoms with E-state index in [-0.39, 0.29) is 0 Å². The van der Waals surface area contributed by atoms with Gasteiger partial charge in [-0.1, -0.05) is 84.9 Å². The molecule has 4 nitrogen and oxygen atoms in total. The molecule has 1 aliphatic heterocycles. The maximum atomic E-state index is 13.9. The summed E-state index contributed by atoms with van der Waals surface area (Å²) in [6.07, 6.45) is -2.32. The van der Waals surface area contributed by atoms with Gasteiger partial charge in [-0.3, -0.25) is 0 Å². The number of rotatable bonds is 6. The molecular formula is C31H28Cl2F2O4Ti. The Morgan fingerprint density at radius 2 is 0.875 bits per heavy atom. The van der Waals surface area contributed by atoms with Crippen molar-refractivity contribution in [3.05, 3.63) is 143 Å². The number of ether oxygens (including phenoxy) is 2. The number of benzene rings is 4. The molecule has 0 amide bonds. The minimum atomic E-state index is -1.85. The molecule has 4 aromatic carbocycles. The van der Waals surface area contributed by atoms with Crippen LogP contribution >= 0.6 is 18.6 Å². The van der Waals surface area contributed by atoms with Crippen LogP contribution < -0.4 is 0 Å². The van der Waals surface area contributed by atoms with Crippen LogP contribution in [0.15, 0.2) is 109 Å². The molecule has 1 fully saturated rings. The maximum absolute atomic E-state index is 13.9. The van der Waals surface area contributed by atoms with Gasteiger partial charge in [-0.25, -0.2) is 8.78 Å². The van der Waals surface area contributed by atoms with Crippen LogP contribution in [0, 0.1) is 11.6 Å². The first-order valence-corrected chi connectivity index (χ1v) is 16.8. The van der Waals surface area contributed by atoms with Gasteiger partial charge in [0.1, 0.15) is 35.0 Å². The first kappa shape index (κ1) is 30.8. The molecule has 0 saturated carbocycles. The van der Waals surface area contributed by atoms with Crippen LogP contribution in [-0.2, 0) is 37.7 Å². The molecule has 4 atom stereocenters. The van der Waals surface area contributed by atoms with Crippen LogP contribution in [0.3, 0.4) is 0 Å². The van der Waals surface area contributed by atoms with Gasteiger partial charge < -0.3 is 19.7 Å². The van der Waals surface area contributed by atoms with Gasteiger partial charge in [0.2, 0.25) is 0 Å². The summed E-state index contributed by atoms with van der Waals surface area (Å²) >= 11 is -0.556. The summed E-state index contributed by atoms with van der Waals surface area (Å²) in [6, 6.07) is 28.8. The SMILES string of the molecule is CC1(C)O[C@@H]([C@](O)(c2ccccc2)c2ccc(F)cc2)[C@H]([C@](O)(c2ccccc2)c2ccc(F)cc2)O1.[Cl][Ti][Cl]. The van der Waals surface area contributed by atoms with Crippen LogP contribution in [0.4, 0.5) is 8.78 Å². The second-order valence-corrected chi connectivity index (χ2v) is 12.4. The molecule has 1 aliphatic rings. The molecule has 2 N–H and O–H groups in total. The molecule has 1 saturated heterocycles. The fraction of sp³-hybridized carbons (Fsp3) is 0.226. The predicted octanol–water partition coefficient (Wildman–Crippen LogP) is 7.03. The second kappa shape index (κ2) is 12.8. The van der Waals surface area contributed by atoms with E-state index >= 15 is 0 Å². The Kier molecular flexibility index (Phi) is 9.87. The summed E-state index contributed by atoms with van der Waals surface area (Å²) in [5.74, 6) is -2.11. The van der Waals surface area contributed by atoms with Crippen molar-refractivity contribution >= 4 is 18.6 Å². The van der Waals surface area contributed by atoms with E-state index in [0.29, 0.717) is 22.3 Å². The zero-order valence-electron chi connectivity index (χ0n) is 21.8. The molecule has 9 heteroatoms. The topological polar surface area (TPSA) is 58.9 Å². The number of aliphatic hydroxyl groups is 2. The molecule has 0 bridgehead atoms. The van der Waals surface area contributed by atoms with Crippen molar-refractivity contribution in [2.45, 2.75) is 43.0 Å². The van der Waals surface area contributed by atoms with Crippen LogP contribution in [0.1, 0.15) is 36.1 Å². The fourth-order valence-corrected chi connectivity index (χ4v) is 5.15. The molecule has 0 aromatic heterocycles. The molecule has 5 rings (SSSR count). The summed E-state index contributed by atoms with van der Waals surface area (Å²) in [7, 11) is 9.78. The molecule has 208 valence electrons. The zero-order valence-corrected chi connectivity index (χ0v) is 24.8. The van der Waals surface area contributed by atoms with Gasteiger partial charge in [-0.05, 0) is 60.4 Å². The molecule has 0 unspecified atom stereocenters. The Labute approximate surface area is 249 Å². The van der Waals surface area contributed by atoms with E-state index in [9.17, 15) is 19.0 Å². The Balaban J connectivity index is 0.00000118. The Morgan fingerprint density at radius 1 is 0.600 bits per heavy atom. The molecule has 40 heavy (non-hydrogen) atoms. The van der Waals surface area contributed by atoms with E-state index in [0.717, 1.165) is 0 Å². The van der Waals surface area contributed by atoms with E-state index in [1.165, 1.54) is 48.5 Å². The predicted molar refractivity (Wildman–Crippen MR) is 147 cm³/mol. The third-order valence-corrected chi connectivity index (χ3v) is 6.92. The zero-order chi connectivity index (χ0) is 29.0. The summed E-state index contributed by atoms with van der Waals surface area (Å²) in [4.78, 5) is 0. The molecule has 0 aliphatic carbocycles. The van der Waals surface area contributed by atoms with E-state index < -0.39 is 57.9 Å². The van der Waals surface area contributed by atoms with Gasteiger partial charge >= 0.3 is 35.6 Å². The van der Waals surface area contributed by atoms with Crippen LogP contribution in [0.5, 0.6) is 0 Å². The normalized spacial score (nSPS) is 20.9. The van der Waals surface area contributed by atoms with Gasteiger partial charge in [0.05, 0.1) is 0 Å². The number of halogens is 4. The van der Waals surface area contributed by atoms with Crippen LogP contribution in [0.2, 0.25) is 0 Å². The van der Waals surface area contributed by atoms with Crippen molar-refractivity contribution in [2.75, 3.05) is 0 Å². The summed E-state index contributed by atoms with van der Waals surface area (Å²) in [5, 5.41) is 25.1. The Morgan fingerprint density at radius 3 is 1.18 bits per heavy atom. The van der Waals surface area contributed by atoms with Gasteiger partial charge in [0, 0.05) is 0 Å². The van der Waals surface area contributed by atoms with E-state index in [1.54, 1.807) is 62.4 Å². The quantitative estimate of drug-likeness (QED) is 0.227. The molecule has 0 spiro atoms. The second-order valence-electron chi connectivity index (χ2n) is 9.83. The Bertz CT molecular complexity index is 1270. The van der Waals surface area contributed by atoms with Crippen molar-refractivity contribution in [3.63, 3.8) is 0 Å². The summed E-state index contributed by atoms with van der Waals surface area (Å²) < 4.78 is 40.6. The van der Waals surface area contributed by atoms with Crippen molar-refractivity contribution in [3.8, 4) is 0 Å². The standard InChI is InChI=1S/C31H28F2O4.2ClH.Ti/c1-29(2)36-27(30(34,21-9-5-3-6-10-21)23-13-17-25(32)18-14-23)28(37-29)31(35,22-11-7-4-8-12-22)24-15-19-26(33)20-16-24;;;/h3-20,27-28,34-35H,1-2H3;2*1H;/q;;;+2/p-2/t27-,28-,30+,31+;;;/m1.../s1. The number of hydrogen-bond donors (Lipinski definition) is 2. The minimum absolute atomic E-state index is 0.367. The summed E-state index contributed by atoms with van der Waals surface area (Å²) in [6.45, 7) is 3.40.